The molecule has 0 radical (unpaired) electrons. The van der Waals surface area contributed by atoms with Crippen molar-refractivity contribution >= 4 is 22.4 Å². The molecule has 0 aliphatic carbocycles. The highest BCUT2D eigenvalue weighted by molar-refractivity contribution is 7.15. The Balaban J connectivity index is 1.49. The molecule has 0 saturated heterocycles. The monoisotopic (exact) mass is 477 g/mol. The third kappa shape index (κ3) is 3.79. The van der Waals surface area contributed by atoms with Crippen molar-refractivity contribution in [3.63, 3.8) is 0 Å². The van der Waals surface area contributed by atoms with Gasteiger partial charge in [0.05, 0.1) is 28.6 Å². The van der Waals surface area contributed by atoms with Gasteiger partial charge in [-0.25, -0.2) is 4.68 Å². The number of rotatable bonds is 5. The normalized spacial score (nSPS) is 11.9. The molecule has 3 heterocycles. The van der Waals surface area contributed by atoms with Crippen LogP contribution >= 0.6 is 11.3 Å². The van der Waals surface area contributed by atoms with Crippen LogP contribution in [0.25, 0.3) is 39.4 Å². The van der Waals surface area contributed by atoms with Gasteiger partial charge in [-0.2, -0.15) is 14.6 Å². The van der Waals surface area contributed by atoms with Crippen molar-refractivity contribution in [3.8, 4) is 34.1 Å². The third-order valence-corrected chi connectivity index (χ3v) is 6.59. The fourth-order valence-corrected chi connectivity index (χ4v) is 4.84. The molecule has 0 atom stereocenters. The average Bonchev–Trinajstić information content (AvgIpc) is 3.60. The number of thiazole rings is 1. The molecule has 0 aliphatic heterocycles. The Morgan fingerprint density at radius 2 is 1.60 bits per heavy atom. The van der Waals surface area contributed by atoms with Crippen LogP contribution in [0.15, 0.2) is 95.9 Å². The average molecular weight is 478 g/mol. The first-order chi connectivity index (χ1) is 17.2. The van der Waals surface area contributed by atoms with Crippen molar-refractivity contribution in [2.45, 2.75) is 0 Å². The number of para-hydroxylation sites is 2. The topological polar surface area (TPSA) is 74.3 Å². The van der Waals surface area contributed by atoms with Gasteiger partial charge in [0.25, 0.3) is 5.56 Å². The first kappa shape index (κ1) is 21.0. The molecule has 35 heavy (non-hydrogen) atoms. The van der Waals surface area contributed by atoms with Crippen LogP contribution in [0.1, 0.15) is 5.56 Å². The highest BCUT2D eigenvalue weighted by Gasteiger charge is 2.16. The van der Waals surface area contributed by atoms with Crippen LogP contribution in [0.3, 0.4) is 0 Å². The zero-order valence-corrected chi connectivity index (χ0v) is 19.5. The molecule has 8 heteroatoms. The fraction of sp³-hybridized carbons (Fsp3) is 0.0370. The van der Waals surface area contributed by atoms with E-state index >= 15 is 0 Å². The van der Waals surface area contributed by atoms with Gasteiger partial charge in [0.1, 0.15) is 5.75 Å². The van der Waals surface area contributed by atoms with Crippen LogP contribution in [0.5, 0.6) is 5.75 Å². The minimum Gasteiger partial charge on any atom is -0.496 e. The van der Waals surface area contributed by atoms with Crippen LogP contribution in [-0.4, -0.2) is 31.5 Å². The lowest BCUT2D eigenvalue weighted by Gasteiger charge is -2.03. The molecule has 3 aromatic carbocycles. The molecule has 0 amide bonds. The van der Waals surface area contributed by atoms with Crippen molar-refractivity contribution in [3.05, 3.63) is 112 Å². The molecule has 0 N–H and O–H groups in total. The fourth-order valence-electron chi connectivity index (χ4n) is 3.94. The lowest BCUT2D eigenvalue weighted by molar-refractivity contribution is 0.416. The lowest BCUT2D eigenvalue weighted by Crippen LogP contribution is -2.23. The summed E-state index contributed by atoms with van der Waals surface area (Å²) in [6.07, 6.45) is 3.80. The molecule has 0 saturated carbocycles. The largest absolute Gasteiger partial charge is 0.496 e. The first-order valence-electron chi connectivity index (χ1n) is 11.0. The van der Waals surface area contributed by atoms with Crippen LogP contribution in [0, 0.1) is 0 Å². The Bertz CT molecular complexity index is 1750. The van der Waals surface area contributed by atoms with Gasteiger partial charge in [-0.05, 0) is 30.3 Å². The number of ether oxygens (including phenoxy) is 1. The van der Waals surface area contributed by atoms with Gasteiger partial charge in [0.15, 0.2) is 5.82 Å². The maximum atomic E-state index is 13.2. The van der Waals surface area contributed by atoms with Gasteiger partial charge in [-0.15, -0.1) is 5.10 Å². The Morgan fingerprint density at radius 1 is 0.886 bits per heavy atom. The van der Waals surface area contributed by atoms with Crippen LogP contribution in [0.4, 0.5) is 0 Å². The predicted molar refractivity (Wildman–Crippen MR) is 137 cm³/mol. The molecular weight excluding hydrogens is 458 g/mol. The highest BCUT2D eigenvalue weighted by Crippen LogP contribution is 2.27. The molecule has 0 fully saturated rings. The molecule has 6 aromatic rings. The SMILES string of the molecule is COc1ccccc1-c1nc2sc(=Cc3cn(-c4ccccc4)nc3-c3ccccc3)c(=O)n2n1. The predicted octanol–water partition coefficient (Wildman–Crippen LogP) is 4.23. The van der Waals surface area contributed by atoms with Gasteiger partial charge >= 0.3 is 0 Å². The summed E-state index contributed by atoms with van der Waals surface area (Å²) in [7, 11) is 1.60. The van der Waals surface area contributed by atoms with Crippen molar-refractivity contribution in [2.24, 2.45) is 0 Å². The van der Waals surface area contributed by atoms with E-state index in [1.807, 2.05) is 102 Å². The summed E-state index contributed by atoms with van der Waals surface area (Å²) in [6, 6.07) is 27.3. The van der Waals surface area contributed by atoms with Crippen molar-refractivity contribution in [1.29, 1.82) is 0 Å². The van der Waals surface area contributed by atoms with E-state index < -0.39 is 0 Å². The van der Waals surface area contributed by atoms with E-state index in [0.29, 0.717) is 21.1 Å². The van der Waals surface area contributed by atoms with Gasteiger partial charge < -0.3 is 4.74 Å². The van der Waals surface area contributed by atoms with E-state index in [4.69, 9.17) is 9.84 Å². The molecule has 0 aliphatic rings. The van der Waals surface area contributed by atoms with Crippen molar-refractivity contribution in [1.82, 2.24) is 24.4 Å². The molecule has 0 bridgehead atoms. The van der Waals surface area contributed by atoms with Gasteiger partial charge in [-0.1, -0.05) is 72.0 Å². The summed E-state index contributed by atoms with van der Waals surface area (Å²) in [5, 5.41) is 9.30. The number of fused-ring (bicyclic) bond motifs is 1. The number of hydrogen-bond donors (Lipinski definition) is 0. The Labute approximate surface area is 204 Å². The summed E-state index contributed by atoms with van der Waals surface area (Å²) < 4.78 is 9.14. The van der Waals surface area contributed by atoms with Crippen molar-refractivity contribution < 1.29 is 4.74 Å². The maximum Gasteiger partial charge on any atom is 0.291 e. The summed E-state index contributed by atoms with van der Waals surface area (Å²) >= 11 is 1.30. The standard InChI is InChI=1S/C27H19N5O2S/c1-34-22-15-9-8-14-21(22)25-28-27-32(30-25)26(33)23(35-27)16-19-17-31(20-12-6-3-7-13-20)29-24(19)18-10-4-2-5-11-18/h2-17H,1H3. The number of benzene rings is 3. The smallest absolute Gasteiger partial charge is 0.291 e. The minimum absolute atomic E-state index is 0.217. The molecule has 3 aromatic heterocycles. The van der Waals surface area contributed by atoms with E-state index in [1.165, 1.54) is 15.9 Å². The second-order valence-electron chi connectivity index (χ2n) is 7.83. The van der Waals surface area contributed by atoms with Gasteiger partial charge in [-0.3, -0.25) is 4.79 Å². The van der Waals surface area contributed by atoms with E-state index in [2.05, 4.69) is 10.1 Å². The third-order valence-electron chi connectivity index (χ3n) is 5.63. The second kappa shape index (κ2) is 8.66. The Hall–Kier alpha value is -4.56. The molecule has 0 spiro atoms. The Kier molecular flexibility index (Phi) is 5.20. The molecular formula is C27H19N5O2S. The van der Waals surface area contributed by atoms with E-state index in [9.17, 15) is 4.79 Å². The van der Waals surface area contributed by atoms with Crippen LogP contribution < -0.4 is 14.8 Å². The quantitative estimate of drug-likeness (QED) is 0.372. The second-order valence-corrected chi connectivity index (χ2v) is 8.83. The zero-order chi connectivity index (χ0) is 23.8. The van der Waals surface area contributed by atoms with Crippen LogP contribution in [-0.2, 0) is 0 Å². The summed E-state index contributed by atoms with van der Waals surface area (Å²) in [5.74, 6) is 1.12. The van der Waals surface area contributed by atoms with Crippen molar-refractivity contribution in [2.75, 3.05) is 7.11 Å². The summed E-state index contributed by atoms with van der Waals surface area (Å²) in [5.41, 5.74) is 4.07. The van der Waals surface area contributed by atoms with E-state index in [1.54, 1.807) is 7.11 Å². The van der Waals surface area contributed by atoms with E-state index in [-0.39, 0.29) is 5.56 Å². The first-order valence-corrected chi connectivity index (χ1v) is 11.8. The summed E-state index contributed by atoms with van der Waals surface area (Å²) in [6.45, 7) is 0. The van der Waals surface area contributed by atoms with E-state index in [0.717, 1.165) is 28.1 Å². The zero-order valence-electron chi connectivity index (χ0n) is 18.7. The van der Waals surface area contributed by atoms with Crippen LogP contribution in [0.2, 0.25) is 0 Å². The molecule has 0 unspecified atom stereocenters. The maximum absolute atomic E-state index is 13.2. The van der Waals surface area contributed by atoms with Gasteiger partial charge in [0.2, 0.25) is 4.96 Å². The summed E-state index contributed by atoms with van der Waals surface area (Å²) in [4.78, 5) is 18.4. The van der Waals surface area contributed by atoms with Gasteiger partial charge in [0, 0.05) is 17.3 Å². The lowest BCUT2D eigenvalue weighted by atomic mass is 10.1. The molecule has 6 rings (SSSR count). The minimum atomic E-state index is -0.217. The number of hydrogen-bond acceptors (Lipinski definition) is 6. The number of methoxy groups -OCH3 is 1. The number of nitrogens with zero attached hydrogens (tertiary/aromatic N) is 5. The number of aromatic nitrogens is 5. The molecule has 7 nitrogen and oxygen atoms in total. The molecule has 170 valence electrons. The Morgan fingerprint density at radius 3 is 2.34 bits per heavy atom. The highest BCUT2D eigenvalue weighted by atomic mass is 32.1.